The maximum Gasteiger partial charge on any atom is 0.490 e. The monoisotopic (exact) mass is 466 g/mol. The van der Waals surface area contributed by atoms with Crippen LogP contribution < -0.4 is 4.74 Å². The largest absolute Gasteiger partial charge is 0.497 e. The number of aromatic amines is 1. The third kappa shape index (κ3) is 3.85. The number of nitrogens with zero attached hydrogens (tertiary/aromatic N) is 1. The summed E-state index contributed by atoms with van der Waals surface area (Å²) in [4.78, 5) is 28.3. The second-order valence-electron chi connectivity index (χ2n) is 7.42. The van der Waals surface area contributed by atoms with E-state index < -0.39 is 49.1 Å². The normalized spacial score (nSPS) is 24.8. The van der Waals surface area contributed by atoms with Crippen LogP contribution in [0.2, 0.25) is 0 Å². The highest BCUT2D eigenvalue weighted by Crippen LogP contribution is 2.50. The van der Waals surface area contributed by atoms with E-state index in [1.54, 1.807) is 18.2 Å². The van der Waals surface area contributed by atoms with Crippen molar-refractivity contribution in [3.63, 3.8) is 0 Å². The van der Waals surface area contributed by atoms with Crippen LogP contribution in [-0.2, 0) is 19.1 Å². The highest BCUT2D eigenvalue weighted by atomic mass is 19.4. The number of esters is 2. The van der Waals surface area contributed by atoms with Crippen LogP contribution in [0.5, 0.6) is 5.75 Å². The third-order valence-electron chi connectivity index (χ3n) is 5.48. The summed E-state index contributed by atoms with van der Waals surface area (Å²) in [6, 6.07) is 3.26. The fourth-order valence-electron chi connectivity index (χ4n) is 4.28. The summed E-state index contributed by atoms with van der Waals surface area (Å²) >= 11 is 0. The zero-order valence-electron chi connectivity index (χ0n) is 16.3. The van der Waals surface area contributed by atoms with Gasteiger partial charge in [0, 0.05) is 29.1 Å². The molecule has 0 aliphatic carbocycles. The molecular formula is C19H16F6N2O5. The van der Waals surface area contributed by atoms with Crippen molar-refractivity contribution in [2.45, 2.75) is 37.0 Å². The molecule has 4 rings (SSSR count). The van der Waals surface area contributed by atoms with Gasteiger partial charge in [-0.3, -0.25) is 0 Å². The highest BCUT2D eigenvalue weighted by Gasteiger charge is 2.54. The van der Waals surface area contributed by atoms with Gasteiger partial charge in [-0.25, -0.2) is 14.5 Å². The highest BCUT2D eigenvalue weighted by molar-refractivity contribution is 5.90. The molecule has 2 aliphatic rings. The van der Waals surface area contributed by atoms with E-state index in [-0.39, 0.29) is 18.7 Å². The van der Waals surface area contributed by atoms with Crippen molar-refractivity contribution in [2.24, 2.45) is 0 Å². The van der Waals surface area contributed by atoms with Crippen LogP contribution >= 0.6 is 0 Å². The van der Waals surface area contributed by atoms with E-state index in [2.05, 4.69) is 14.5 Å². The van der Waals surface area contributed by atoms with E-state index in [1.807, 2.05) is 0 Å². The van der Waals surface area contributed by atoms with Crippen LogP contribution in [0.15, 0.2) is 18.2 Å². The van der Waals surface area contributed by atoms with Crippen molar-refractivity contribution in [3.8, 4) is 5.75 Å². The molecule has 2 aliphatic heterocycles. The topological polar surface area (TPSA) is 80.9 Å². The van der Waals surface area contributed by atoms with Crippen LogP contribution in [0.4, 0.5) is 26.3 Å². The molecule has 13 heteroatoms. The Labute approximate surface area is 176 Å². The van der Waals surface area contributed by atoms with E-state index in [4.69, 9.17) is 4.74 Å². The molecule has 0 saturated carbocycles. The molecule has 1 N–H and O–H groups in total. The number of H-pyrrole nitrogens is 1. The molecule has 174 valence electrons. The second kappa shape index (κ2) is 7.57. The summed E-state index contributed by atoms with van der Waals surface area (Å²) in [5, 5.41) is 0.493. The maximum atomic E-state index is 12.8. The standard InChI is InChI=1S/C19H16F6N2O5/c1-30-8-2-3-11-10(6-8)12-9-4-5-27(15(9)32-17(29)19(23,24)25)14(13(12)26-11)16(28)31-7-18(20,21)22/h2-3,6,9,14-15,26H,4-5,7H2,1H3. The van der Waals surface area contributed by atoms with Crippen molar-refractivity contribution >= 4 is 22.8 Å². The van der Waals surface area contributed by atoms with Gasteiger partial charge in [0.05, 0.1) is 7.11 Å². The molecule has 4 unspecified atom stereocenters. The van der Waals surface area contributed by atoms with Gasteiger partial charge in [0.1, 0.15) is 5.75 Å². The summed E-state index contributed by atoms with van der Waals surface area (Å²) in [6.07, 6.45) is -11.4. The Balaban J connectivity index is 1.80. The van der Waals surface area contributed by atoms with Crippen LogP contribution in [0, 0.1) is 0 Å². The van der Waals surface area contributed by atoms with Gasteiger partial charge in [-0.1, -0.05) is 0 Å². The minimum Gasteiger partial charge on any atom is -0.497 e. The number of nitrogens with one attached hydrogen (secondary N) is 1. The Morgan fingerprint density at radius 2 is 1.91 bits per heavy atom. The average molecular weight is 466 g/mol. The van der Waals surface area contributed by atoms with Crippen LogP contribution in [0.1, 0.15) is 29.6 Å². The van der Waals surface area contributed by atoms with Gasteiger partial charge in [0.15, 0.2) is 18.9 Å². The Morgan fingerprint density at radius 1 is 1.19 bits per heavy atom. The first-order valence-electron chi connectivity index (χ1n) is 9.37. The van der Waals surface area contributed by atoms with E-state index in [9.17, 15) is 35.9 Å². The molecular weight excluding hydrogens is 450 g/mol. The Bertz CT molecular complexity index is 1060. The smallest absolute Gasteiger partial charge is 0.490 e. The summed E-state index contributed by atoms with van der Waals surface area (Å²) < 4.78 is 90.6. The Morgan fingerprint density at radius 3 is 2.53 bits per heavy atom. The first-order chi connectivity index (χ1) is 14.9. The SMILES string of the molecule is COc1ccc2[nH]c3c(c2c1)C1CCN(C3C(=O)OCC(F)(F)F)C1OC(=O)C(F)(F)F. The zero-order valence-corrected chi connectivity index (χ0v) is 16.3. The number of rotatable bonds is 4. The average Bonchev–Trinajstić information content (AvgIpc) is 3.22. The number of ether oxygens (including phenoxy) is 3. The van der Waals surface area contributed by atoms with Gasteiger partial charge >= 0.3 is 24.3 Å². The fraction of sp³-hybridized carbons (Fsp3) is 0.474. The summed E-state index contributed by atoms with van der Waals surface area (Å²) in [5.41, 5.74) is 1.04. The number of carbonyl (C=O) groups excluding carboxylic acids is 2. The number of methoxy groups -OCH3 is 1. The lowest BCUT2D eigenvalue weighted by atomic mass is 9.89. The molecule has 7 nitrogen and oxygen atoms in total. The summed E-state index contributed by atoms with van der Waals surface area (Å²) in [6.45, 7) is -1.86. The van der Waals surface area contributed by atoms with Gasteiger partial charge in [-0.05, 0) is 30.2 Å². The molecule has 4 atom stereocenters. The maximum absolute atomic E-state index is 12.8. The van der Waals surface area contributed by atoms with E-state index in [0.29, 0.717) is 22.2 Å². The van der Waals surface area contributed by atoms with Crippen molar-refractivity contribution in [1.29, 1.82) is 0 Å². The Hall–Kier alpha value is -2.96. The van der Waals surface area contributed by atoms with E-state index in [0.717, 1.165) is 4.90 Å². The molecule has 2 bridgehead atoms. The summed E-state index contributed by atoms with van der Waals surface area (Å²) in [5.74, 6) is -4.11. The minimum absolute atomic E-state index is 0.000235. The molecule has 0 amide bonds. The first kappa shape index (κ1) is 22.2. The van der Waals surface area contributed by atoms with Crippen LogP contribution in [-0.4, -0.2) is 60.7 Å². The number of halogens is 6. The van der Waals surface area contributed by atoms with Gasteiger partial charge in [-0.15, -0.1) is 0 Å². The van der Waals surface area contributed by atoms with Gasteiger partial charge < -0.3 is 19.2 Å². The molecule has 32 heavy (non-hydrogen) atoms. The molecule has 1 fully saturated rings. The summed E-state index contributed by atoms with van der Waals surface area (Å²) in [7, 11) is 1.41. The van der Waals surface area contributed by atoms with Crippen LogP contribution in [0.25, 0.3) is 10.9 Å². The molecule has 1 saturated heterocycles. The molecule has 1 aromatic carbocycles. The zero-order chi connectivity index (χ0) is 23.4. The number of hydrogen-bond donors (Lipinski definition) is 1. The van der Waals surface area contributed by atoms with Gasteiger partial charge in [-0.2, -0.15) is 26.3 Å². The quantitative estimate of drug-likeness (QED) is 0.549. The minimum atomic E-state index is -5.28. The Kier molecular flexibility index (Phi) is 5.26. The fourth-order valence-corrected chi connectivity index (χ4v) is 4.28. The van der Waals surface area contributed by atoms with E-state index >= 15 is 0 Å². The first-order valence-corrected chi connectivity index (χ1v) is 9.37. The van der Waals surface area contributed by atoms with Crippen molar-refractivity contribution in [3.05, 3.63) is 29.5 Å². The number of benzene rings is 1. The van der Waals surface area contributed by atoms with Crippen LogP contribution in [0.3, 0.4) is 0 Å². The molecule has 2 aromatic rings. The number of aromatic nitrogens is 1. The predicted octanol–water partition coefficient (Wildman–Crippen LogP) is 3.56. The molecule has 1 aromatic heterocycles. The predicted molar refractivity (Wildman–Crippen MR) is 94.6 cm³/mol. The van der Waals surface area contributed by atoms with Crippen molar-refractivity contribution in [1.82, 2.24) is 9.88 Å². The number of hydrogen-bond acceptors (Lipinski definition) is 6. The molecule has 0 radical (unpaired) electrons. The van der Waals surface area contributed by atoms with E-state index in [1.165, 1.54) is 7.11 Å². The lowest BCUT2D eigenvalue weighted by molar-refractivity contribution is -0.216. The number of carbonyl (C=O) groups is 2. The van der Waals surface area contributed by atoms with Gasteiger partial charge in [0.25, 0.3) is 0 Å². The lowest BCUT2D eigenvalue weighted by Crippen LogP contribution is -2.47. The number of fused-ring (bicyclic) bond motifs is 6. The van der Waals surface area contributed by atoms with Crippen molar-refractivity contribution in [2.75, 3.05) is 20.3 Å². The second-order valence-corrected chi connectivity index (χ2v) is 7.42. The lowest BCUT2D eigenvalue weighted by Gasteiger charge is -2.37. The number of alkyl halides is 6. The van der Waals surface area contributed by atoms with Crippen molar-refractivity contribution < 1.29 is 50.1 Å². The van der Waals surface area contributed by atoms with Gasteiger partial charge in [0.2, 0.25) is 0 Å². The molecule has 3 heterocycles. The third-order valence-corrected chi connectivity index (χ3v) is 5.48. The molecule has 0 spiro atoms.